The molecule has 134 valence electrons. The zero-order valence-corrected chi connectivity index (χ0v) is 15.3. The summed E-state index contributed by atoms with van der Waals surface area (Å²) in [7, 11) is 0. The van der Waals surface area contributed by atoms with Gasteiger partial charge in [0.05, 0.1) is 18.2 Å². The molecule has 2 aliphatic heterocycles. The van der Waals surface area contributed by atoms with Gasteiger partial charge < -0.3 is 15.4 Å². The van der Waals surface area contributed by atoms with Gasteiger partial charge >= 0.3 is 0 Å². The summed E-state index contributed by atoms with van der Waals surface area (Å²) < 4.78 is 5.79. The van der Waals surface area contributed by atoms with Gasteiger partial charge in [-0.3, -0.25) is 9.69 Å². The molecule has 0 aromatic rings. The van der Waals surface area contributed by atoms with Crippen molar-refractivity contribution in [1.82, 2.24) is 9.80 Å². The molecule has 0 saturated carbocycles. The first-order valence-corrected chi connectivity index (χ1v) is 9.29. The topological polar surface area (TPSA) is 58.8 Å². The van der Waals surface area contributed by atoms with Crippen LogP contribution in [0.15, 0.2) is 0 Å². The summed E-state index contributed by atoms with van der Waals surface area (Å²) in [5.41, 5.74) is 6.00. The summed E-state index contributed by atoms with van der Waals surface area (Å²) in [6.07, 6.45) is 4.15. The van der Waals surface area contributed by atoms with Gasteiger partial charge in [-0.2, -0.15) is 0 Å². The first kappa shape index (κ1) is 18.7. The molecule has 2 saturated heterocycles. The van der Waals surface area contributed by atoms with Crippen LogP contribution in [0.2, 0.25) is 0 Å². The van der Waals surface area contributed by atoms with Crippen LogP contribution in [-0.2, 0) is 9.53 Å². The number of nitrogens with zero attached hydrogens (tertiary/aromatic N) is 2. The number of morpholine rings is 1. The number of piperidine rings is 1. The average molecular weight is 325 g/mol. The average Bonchev–Trinajstić information content (AvgIpc) is 2.51. The summed E-state index contributed by atoms with van der Waals surface area (Å²) in [6.45, 7) is 13.3. The van der Waals surface area contributed by atoms with Gasteiger partial charge in [-0.15, -0.1) is 0 Å². The Morgan fingerprint density at radius 3 is 2.26 bits per heavy atom. The second kappa shape index (κ2) is 8.45. The molecule has 2 fully saturated rings. The van der Waals surface area contributed by atoms with Gasteiger partial charge in [0.15, 0.2) is 0 Å². The fourth-order valence-corrected chi connectivity index (χ4v) is 3.77. The van der Waals surface area contributed by atoms with Crippen molar-refractivity contribution in [3.05, 3.63) is 0 Å². The van der Waals surface area contributed by atoms with Crippen molar-refractivity contribution in [3.63, 3.8) is 0 Å². The van der Waals surface area contributed by atoms with Gasteiger partial charge in [0, 0.05) is 26.2 Å². The summed E-state index contributed by atoms with van der Waals surface area (Å²) in [4.78, 5) is 16.8. The minimum Gasteiger partial charge on any atom is -0.373 e. The smallest absolute Gasteiger partial charge is 0.239 e. The fourth-order valence-electron chi connectivity index (χ4n) is 3.77. The molecule has 0 aromatic carbocycles. The zero-order chi connectivity index (χ0) is 17.0. The van der Waals surface area contributed by atoms with E-state index in [1.807, 2.05) is 18.7 Å². The van der Waals surface area contributed by atoms with Crippen LogP contribution in [0, 0.1) is 11.8 Å². The Bertz CT molecular complexity index is 370. The Hall–Kier alpha value is -0.650. The highest BCUT2D eigenvalue weighted by Crippen LogP contribution is 2.22. The molecule has 0 unspecified atom stereocenters. The van der Waals surface area contributed by atoms with Gasteiger partial charge in [0.25, 0.3) is 0 Å². The minimum atomic E-state index is -0.345. The molecule has 2 heterocycles. The predicted molar refractivity (Wildman–Crippen MR) is 93.2 cm³/mol. The van der Waals surface area contributed by atoms with E-state index < -0.39 is 0 Å². The van der Waals surface area contributed by atoms with Gasteiger partial charge in [-0.25, -0.2) is 0 Å². The molecule has 0 aromatic heterocycles. The van der Waals surface area contributed by atoms with E-state index in [9.17, 15) is 4.79 Å². The molecule has 5 heteroatoms. The van der Waals surface area contributed by atoms with E-state index in [1.165, 1.54) is 6.42 Å². The molecule has 5 nitrogen and oxygen atoms in total. The van der Waals surface area contributed by atoms with Crippen LogP contribution in [0.5, 0.6) is 0 Å². The number of amides is 1. The van der Waals surface area contributed by atoms with E-state index in [1.54, 1.807) is 0 Å². The van der Waals surface area contributed by atoms with E-state index >= 15 is 0 Å². The number of hydrogen-bond donors (Lipinski definition) is 1. The van der Waals surface area contributed by atoms with Crippen molar-refractivity contribution in [1.29, 1.82) is 0 Å². The van der Waals surface area contributed by atoms with Crippen LogP contribution < -0.4 is 5.73 Å². The Morgan fingerprint density at radius 2 is 1.74 bits per heavy atom. The maximum Gasteiger partial charge on any atom is 0.239 e. The van der Waals surface area contributed by atoms with E-state index in [4.69, 9.17) is 10.5 Å². The normalized spacial score (nSPS) is 29.0. The highest BCUT2D eigenvalue weighted by Gasteiger charge is 2.28. The summed E-state index contributed by atoms with van der Waals surface area (Å²) in [6, 6.07) is -0.345. The SMILES string of the molecule is CC(C)[C@H](N)C(=O)N1CCC(CCN2C[C@@H](C)O[C@@H](C)C2)CC1. The van der Waals surface area contributed by atoms with Crippen LogP contribution >= 0.6 is 0 Å². The summed E-state index contributed by atoms with van der Waals surface area (Å²) in [5, 5.41) is 0. The van der Waals surface area contributed by atoms with E-state index in [-0.39, 0.29) is 17.9 Å². The predicted octanol–water partition coefficient (Wildman–Crippen LogP) is 1.71. The van der Waals surface area contributed by atoms with E-state index in [2.05, 4.69) is 18.7 Å². The lowest BCUT2D eigenvalue weighted by molar-refractivity contribution is -0.135. The lowest BCUT2D eigenvalue weighted by Crippen LogP contribution is -2.49. The molecule has 0 aliphatic carbocycles. The van der Waals surface area contributed by atoms with Crippen molar-refractivity contribution in [2.75, 3.05) is 32.7 Å². The maximum atomic E-state index is 12.3. The Kier molecular flexibility index (Phi) is 6.86. The lowest BCUT2D eigenvalue weighted by Gasteiger charge is -2.38. The van der Waals surface area contributed by atoms with Crippen LogP contribution in [0.3, 0.4) is 0 Å². The number of nitrogens with two attached hydrogens (primary N) is 1. The van der Waals surface area contributed by atoms with Crippen molar-refractivity contribution < 1.29 is 9.53 Å². The van der Waals surface area contributed by atoms with Gasteiger partial charge in [-0.05, 0) is 51.5 Å². The third-order valence-corrected chi connectivity index (χ3v) is 5.28. The van der Waals surface area contributed by atoms with Crippen LogP contribution in [0.4, 0.5) is 0 Å². The first-order valence-electron chi connectivity index (χ1n) is 9.29. The first-order chi connectivity index (χ1) is 10.9. The second-order valence-corrected chi connectivity index (χ2v) is 7.84. The van der Waals surface area contributed by atoms with Crippen molar-refractivity contribution in [2.24, 2.45) is 17.6 Å². The monoisotopic (exact) mass is 325 g/mol. The third-order valence-electron chi connectivity index (χ3n) is 5.28. The standard InChI is InChI=1S/C18H35N3O2/c1-13(2)17(19)18(22)21-9-6-16(7-10-21)5-8-20-11-14(3)23-15(4)12-20/h13-17H,5-12,19H2,1-4H3/t14-,15+,17-/m0/s1. The molecule has 1 amide bonds. The number of carbonyl (C=O) groups is 1. The van der Waals surface area contributed by atoms with Crippen molar-refractivity contribution >= 4 is 5.91 Å². The van der Waals surface area contributed by atoms with Gasteiger partial charge in [-0.1, -0.05) is 13.8 Å². The molecule has 0 bridgehead atoms. The van der Waals surface area contributed by atoms with Crippen molar-refractivity contribution in [3.8, 4) is 0 Å². The number of hydrogen-bond acceptors (Lipinski definition) is 4. The van der Waals surface area contributed by atoms with E-state index in [0.717, 1.165) is 51.5 Å². The Balaban J connectivity index is 1.69. The minimum absolute atomic E-state index is 0.134. The van der Waals surface area contributed by atoms with Gasteiger partial charge in [0.2, 0.25) is 5.91 Å². The largest absolute Gasteiger partial charge is 0.373 e. The Labute approximate surface area is 141 Å². The number of carbonyl (C=O) groups excluding carboxylic acids is 1. The fraction of sp³-hybridized carbons (Fsp3) is 0.944. The second-order valence-electron chi connectivity index (χ2n) is 7.84. The molecule has 0 spiro atoms. The van der Waals surface area contributed by atoms with E-state index in [0.29, 0.717) is 12.2 Å². The molecule has 0 radical (unpaired) electrons. The molecular formula is C18H35N3O2. The lowest BCUT2D eigenvalue weighted by atomic mass is 9.92. The number of rotatable bonds is 5. The third kappa shape index (κ3) is 5.44. The quantitative estimate of drug-likeness (QED) is 0.836. The molecular weight excluding hydrogens is 290 g/mol. The molecule has 3 atom stereocenters. The number of ether oxygens (including phenoxy) is 1. The zero-order valence-electron chi connectivity index (χ0n) is 15.3. The molecule has 23 heavy (non-hydrogen) atoms. The molecule has 2 rings (SSSR count). The van der Waals surface area contributed by atoms with Crippen LogP contribution in [0.1, 0.15) is 47.0 Å². The Morgan fingerprint density at radius 1 is 1.17 bits per heavy atom. The number of likely N-dealkylation sites (tertiary alicyclic amines) is 1. The van der Waals surface area contributed by atoms with Crippen LogP contribution in [0.25, 0.3) is 0 Å². The summed E-state index contributed by atoms with van der Waals surface area (Å²) >= 11 is 0. The maximum absolute atomic E-state index is 12.3. The highest BCUT2D eigenvalue weighted by molar-refractivity contribution is 5.82. The summed E-state index contributed by atoms with van der Waals surface area (Å²) in [5.74, 6) is 1.09. The molecule has 2 N–H and O–H groups in total. The van der Waals surface area contributed by atoms with Crippen LogP contribution in [-0.4, -0.2) is 66.7 Å². The van der Waals surface area contributed by atoms with Crippen molar-refractivity contribution in [2.45, 2.75) is 65.2 Å². The highest BCUT2D eigenvalue weighted by atomic mass is 16.5. The van der Waals surface area contributed by atoms with Gasteiger partial charge in [0.1, 0.15) is 0 Å². The molecule has 2 aliphatic rings.